The van der Waals surface area contributed by atoms with Crippen LogP contribution in [0, 0.1) is 5.92 Å². The Labute approximate surface area is 164 Å². The van der Waals surface area contributed by atoms with E-state index in [1.54, 1.807) is 18.7 Å². The van der Waals surface area contributed by atoms with E-state index in [0.717, 1.165) is 48.3 Å². The zero-order valence-electron chi connectivity index (χ0n) is 16.3. The van der Waals surface area contributed by atoms with E-state index in [-0.39, 0.29) is 0 Å². The van der Waals surface area contributed by atoms with Gasteiger partial charge in [-0.15, -0.1) is 0 Å². The number of ether oxygens (including phenoxy) is 2. The van der Waals surface area contributed by atoms with E-state index in [9.17, 15) is 5.11 Å². The third kappa shape index (κ3) is 3.62. The Hall–Kier alpha value is -2.80. The molecule has 0 aliphatic heterocycles. The highest BCUT2D eigenvalue weighted by atomic mass is 16.5. The number of aliphatic hydroxyl groups excluding tert-OH is 1. The lowest BCUT2D eigenvalue weighted by molar-refractivity contribution is 0.185. The van der Waals surface area contributed by atoms with Crippen LogP contribution in [0.3, 0.4) is 0 Å². The van der Waals surface area contributed by atoms with E-state index in [4.69, 9.17) is 14.5 Å². The number of nitrogens with one attached hydrogen (secondary N) is 1. The minimum Gasteiger partial charge on any atom is -0.493 e. The summed E-state index contributed by atoms with van der Waals surface area (Å²) < 4.78 is 12.5. The van der Waals surface area contributed by atoms with Gasteiger partial charge in [0.15, 0.2) is 17.1 Å². The van der Waals surface area contributed by atoms with Gasteiger partial charge in [-0.05, 0) is 55.4 Å². The van der Waals surface area contributed by atoms with E-state index in [0.29, 0.717) is 30.1 Å². The van der Waals surface area contributed by atoms with Crippen LogP contribution in [0.1, 0.15) is 25.7 Å². The average molecular weight is 382 g/mol. The van der Waals surface area contributed by atoms with E-state index >= 15 is 0 Å². The smallest absolute Gasteiger partial charge is 0.165 e. The first kappa shape index (κ1) is 18.6. The third-order valence-electron chi connectivity index (χ3n) is 5.52. The van der Waals surface area contributed by atoms with Crippen molar-refractivity contribution < 1.29 is 14.6 Å². The molecule has 2 heterocycles. The Bertz CT molecular complexity index is 948. The highest BCUT2D eigenvalue weighted by Gasteiger charge is 2.21. The fourth-order valence-electron chi connectivity index (χ4n) is 3.86. The van der Waals surface area contributed by atoms with Gasteiger partial charge in [0, 0.05) is 24.4 Å². The second kappa shape index (κ2) is 8.06. The van der Waals surface area contributed by atoms with Crippen molar-refractivity contribution >= 4 is 11.5 Å². The number of nitrogens with zero attached hydrogens (tertiary/aromatic N) is 3. The van der Waals surface area contributed by atoms with Crippen molar-refractivity contribution in [2.24, 2.45) is 5.92 Å². The van der Waals surface area contributed by atoms with Gasteiger partial charge in [0.1, 0.15) is 5.82 Å². The molecule has 1 saturated carbocycles. The Morgan fingerprint density at radius 1 is 1.11 bits per heavy atom. The zero-order chi connectivity index (χ0) is 19.5. The van der Waals surface area contributed by atoms with Gasteiger partial charge in [0.05, 0.1) is 20.4 Å². The Kier molecular flexibility index (Phi) is 5.34. The summed E-state index contributed by atoms with van der Waals surface area (Å²) in [4.78, 5) is 4.81. The van der Waals surface area contributed by atoms with Crippen LogP contribution >= 0.6 is 0 Å². The first-order valence-corrected chi connectivity index (χ1v) is 9.66. The summed E-state index contributed by atoms with van der Waals surface area (Å²) >= 11 is 0. The van der Waals surface area contributed by atoms with Crippen LogP contribution in [-0.4, -0.2) is 46.6 Å². The average Bonchev–Trinajstić information content (AvgIpc) is 3.17. The summed E-state index contributed by atoms with van der Waals surface area (Å²) in [5.41, 5.74) is 2.70. The molecular weight excluding hydrogens is 356 g/mol. The first-order chi connectivity index (χ1) is 13.7. The van der Waals surface area contributed by atoms with Crippen LogP contribution < -0.4 is 14.8 Å². The van der Waals surface area contributed by atoms with Crippen molar-refractivity contribution in [1.29, 1.82) is 0 Å². The minimum absolute atomic E-state index is 0.293. The van der Waals surface area contributed by atoms with Gasteiger partial charge in [-0.25, -0.2) is 9.50 Å². The lowest BCUT2D eigenvalue weighted by Gasteiger charge is -2.28. The number of anilines is 1. The topological polar surface area (TPSA) is 80.9 Å². The van der Waals surface area contributed by atoms with E-state index in [1.165, 1.54) is 0 Å². The Morgan fingerprint density at radius 2 is 1.89 bits per heavy atom. The largest absolute Gasteiger partial charge is 0.493 e. The molecular formula is C21H26N4O3. The van der Waals surface area contributed by atoms with Gasteiger partial charge in [-0.3, -0.25) is 0 Å². The number of benzene rings is 1. The monoisotopic (exact) mass is 382 g/mol. The third-order valence-corrected chi connectivity index (χ3v) is 5.52. The summed E-state index contributed by atoms with van der Waals surface area (Å²) in [6.45, 7) is 0.293. The fraction of sp³-hybridized carbons (Fsp3) is 0.429. The highest BCUT2D eigenvalue weighted by Crippen LogP contribution is 2.34. The Morgan fingerprint density at radius 3 is 2.61 bits per heavy atom. The highest BCUT2D eigenvalue weighted by molar-refractivity contribution is 5.79. The van der Waals surface area contributed by atoms with Gasteiger partial charge >= 0.3 is 0 Å². The number of aromatic nitrogens is 3. The van der Waals surface area contributed by atoms with E-state index in [2.05, 4.69) is 10.4 Å². The SMILES string of the molecule is COc1ccc(-c2cnn3ccc(N[C@H]4CC[C@H](CO)CC4)nc23)cc1OC. The van der Waals surface area contributed by atoms with Gasteiger partial charge in [-0.1, -0.05) is 6.07 Å². The second-order valence-corrected chi connectivity index (χ2v) is 7.25. The molecule has 0 saturated heterocycles. The standard InChI is InChI=1S/C21H26N4O3/c1-27-18-8-5-15(11-19(18)28-2)17-12-22-25-10-9-20(24-21(17)25)23-16-6-3-14(13-26)4-7-16/h5,8-12,14,16,26H,3-4,6-7,13H2,1-2H3,(H,23,24)/t14-,16-. The number of hydrogen-bond acceptors (Lipinski definition) is 6. The number of fused-ring (bicyclic) bond motifs is 1. The molecule has 0 radical (unpaired) electrons. The molecule has 4 rings (SSSR count). The molecule has 1 aliphatic carbocycles. The van der Waals surface area contributed by atoms with Crippen molar-refractivity contribution in [3.8, 4) is 22.6 Å². The maximum Gasteiger partial charge on any atom is 0.165 e. The van der Waals surface area contributed by atoms with Crippen LogP contribution in [0.5, 0.6) is 11.5 Å². The lowest BCUT2D eigenvalue weighted by Crippen LogP contribution is -2.27. The molecule has 2 N–H and O–H groups in total. The number of aliphatic hydroxyl groups is 1. The molecule has 2 aromatic heterocycles. The van der Waals surface area contributed by atoms with Gasteiger partial charge in [0.2, 0.25) is 0 Å². The molecule has 1 aliphatic rings. The number of rotatable bonds is 6. The van der Waals surface area contributed by atoms with Gasteiger partial charge in [-0.2, -0.15) is 5.10 Å². The van der Waals surface area contributed by atoms with Crippen LogP contribution in [0.4, 0.5) is 5.82 Å². The van der Waals surface area contributed by atoms with Crippen molar-refractivity contribution in [1.82, 2.24) is 14.6 Å². The predicted molar refractivity (Wildman–Crippen MR) is 108 cm³/mol. The Balaban J connectivity index is 1.60. The van der Waals surface area contributed by atoms with Crippen molar-refractivity contribution in [3.63, 3.8) is 0 Å². The van der Waals surface area contributed by atoms with Crippen molar-refractivity contribution in [2.45, 2.75) is 31.7 Å². The van der Waals surface area contributed by atoms with Crippen molar-refractivity contribution in [3.05, 3.63) is 36.7 Å². The van der Waals surface area contributed by atoms with Crippen LogP contribution in [0.25, 0.3) is 16.8 Å². The van der Waals surface area contributed by atoms with Gasteiger partial charge in [0.25, 0.3) is 0 Å². The summed E-state index contributed by atoms with van der Waals surface area (Å²) in [7, 11) is 3.25. The molecule has 0 bridgehead atoms. The van der Waals surface area contributed by atoms with E-state index < -0.39 is 0 Å². The molecule has 1 fully saturated rings. The molecule has 0 spiro atoms. The van der Waals surface area contributed by atoms with Crippen LogP contribution in [0.2, 0.25) is 0 Å². The molecule has 0 unspecified atom stereocenters. The minimum atomic E-state index is 0.293. The van der Waals surface area contributed by atoms with Crippen LogP contribution in [-0.2, 0) is 0 Å². The quantitative estimate of drug-likeness (QED) is 0.680. The van der Waals surface area contributed by atoms with Gasteiger partial charge < -0.3 is 19.9 Å². The maximum atomic E-state index is 9.31. The zero-order valence-corrected chi connectivity index (χ0v) is 16.3. The second-order valence-electron chi connectivity index (χ2n) is 7.25. The number of methoxy groups -OCH3 is 2. The van der Waals surface area contributed by atoms with Crippen molar-refractivity contribution in [2.75, 3.05) is 26.1 Å². The number of hydrogen-bond donors (Lipinski definition) is 2. The first-order valence-electron chi connectivity index (χ1n) is 9.66. The normalized spacial score (nSPS) is 19.5. The molecule has 28 heavy (non-hydrogen) atoms. The van der Waals surface area contributed by atoms with Crippen LogP contribution in [0.15, 0.2) is 36.7 Å². The summed E-state index contributed by atoms with van der Waals surface area (Å²) in [6, 6.07) is 8.16. The fourth-order valence-corrected chi connectivity index (χ4v) is 3.86. The molecule has 0 amide bonds. The summed E-state index contributed by atoms with van der Waals surface area (Å²) in [5, 5.41) is 17.3. The van der Waals surface area contributed by atoms with E-state index in [1.807, 2.05) is 36.7 Å². The molecule has 3 aromatic rings. The molecule has 7 nitrogen and oxygen atoms in total. The maximum absolute atomic E-state index is 9.31. The molecule has 148 valence electrons. The predicted octanol–water partition coefficient (Wildman–Crippen LogP) is 3.38. The molecule has 1 aromatic carbocycles. The lowest BCUT2D eigenvalue weighted by atomic mass is 9.86. The summed E-state index contributed by atoms with van der Waals surface area (Å²) in [5.74, 6) is 2.66. The summed E-state index contributed by atoms with van der Waals surface area (Å²) in [6.07, 6.45) is 7.97. The molecule has 7 heteroatoms. The molecule has 0 atom stereocenters.